The normalized spacial score (nSPS) is 11.1. The first kappa shape index (κ1) is 37.3. The maximum absolute atomic E-state index is 10.0. The lowest BCUT2D eigenvalue weighted by Gasteiger charge is -2.19. The number of nitrogens with zero attached hydrogens (tertiary/aromatic N) is 10. The van der Waals surface area contributed by atoms with Crippen LogP contribution in [-0.2, 0) is 0 Å². The van der Waals surface area contributed by atoms with Crippen molar-refractivity contribution in [3.8, 4) is 80.9 Å². The summed E-state index contributed by atoms with van der Waals surface area (Å²) >= 11 is 0. The molecular weight excluding hydrogens is 789 g/mol. The Morgan fingerprint density at radius 1 is 0.359 bits per heavy atom. The van der Waals surface area contributed by atoms with Crippen molar-refractivity contribution in [3.63, 3.8) is 0 Å². The Hall–Kier alpha value is -9.74. The van der Waals surface area contributed by atoms with E-state index < -0.39 is 0 Å². The molecule has 11 rings (SSSR count). The van der Waals surface area contributed by atoms with E-state index in [0.717, 1.165) is 82.8 Å². The van der Waals surface area contributed by atoms with Crippen molar-refractivity contribution in [2.75, 3.05) is 0 Å². The number of pyridine rings is 1. The van der Waals surface area contributed by atoms with Crippen LogP contribution in [0, 0.1) is 45.3 Å². The van der Waals surface area contributed by atoms with E-state index in [1.54, 1.807) is 30.5 Å². The summed E-state index contributed by atoms with van der Waals surface area (Å²) in [6, 6.07) is 59.3. The first-order valence-corrected chi connectivity index (χ1v) is 20.3. The van der Waals surface area contributed by atoms with Gasteiger partial charge in [0.2, 0.25) is 0 Å². The van der Waals surface area contributed by atoms with E-state index in [1.165, 1.54) is 0 Å². The molecule has 0 N–H and O–H groups in total. The standard InChI is InChI=1S/C54H28N10/c55-28-33-11-17-46-41(23-33)42-24-34(29-56)12-18-47(42)63(46)50-21-22-59-32-45(50)40-16-15-39(54-61-52(37-7-3-1-4-8-37)60-53(62-54)38-9-5-2-6-10-38)27-51(40)64-48-19-13-35(30-57)25-43(48)44-26-36(31-58)14-20-49(44)64/h1-27,32H. The van der Waals surface area contributed by atoms with Crippen molar-refractivity contribution in [2.45, 2.75) is 0 Å². The quantitative estimate of drug-likeness (QED) is 0.160. The number of fused-ring (bicyclic) bond motifs is 6. The highest BCUT2D eigenvalue weighted by atomic mass is 15.0. The van der Waals surface area contributed by atoms with Crippen LogP contribution < -0.4 is 0 Å². The Labute approximate surface area is 365 Å². The molecule has 64 heavy (non-hydrogen) atoms. The lowest BCUT2D eigenvalue weighted by atomic mass is 10.00. The van der Waals surface area contributed by atoms with Gasteiger partial charge >= 0.3 is 0 Å². The van der Waals surface area contributed by atoms with Crippen LogP contribution in [0.25, 0.3) is 100 Å². The van der Waals surface area contributed by atoms with E-state index in [4.69, 9.17) is 19.9 Å². The molecule has 0 saturated carbocycles. The molecule has 0 aliphatic heterocycles. The van der Waals surface area contributed by atoms with Gasteiger partial charge in [0.05, 0.1) is 80.0 Å². The van der Waals surface area contributed by atoms with Gasteiger partial charge in [-0.2, -0.15) is 21.0 Å². The first-order chi connectivity index (χ1) is 31.5. The zero-order chi connectivity index (χ0) is 43.3. The first-order valence-electron chi connectivity index (χ1n) is 20.3. The lowest BCUT2D eigenvalue weighted by Crippen LogP contribution is -2.04. The number of nitriles is 4. The summed E-state index contributed by atoms with van der Waals surface area (Å²) in [5, 5.41) is 43.2. The summed E-state index contributed by atoms with van der Waals surface area (Å²) in [6.07, 6.45) is 3.60. The van der Waals surface area contributed by atoms with Crippen LogP contribution in [0.3, 0.4) is 0 Å². The Morgan fingerprint density at radius 3 is 1.19 bits per heavy atom. The zero-order valence-corrected chi connectivity index (χ0v) is 33.6. The fourth-order valence-electron chi connectivity index (χ4n) is 8.65. The highest BCUT2D eigenvalue weighted by Crippen LogP contribution is 2.42. The van der Waals surface area contributed by atoms with Gasteiger partial charge in [0.15, 0.2) is 17.5 Å². The molecule has 0 spiro atoms. The van der Waals surface area contributed by atoms with E-state index in [1.807, 2.05) is 128 Å². The third-order valence-electron chi connectivity index (χ3n) is 11.6. The summed E-state index contributed by atoms with van der Waals surface area (Å²) in [5.41, 5.74) is 11.0. The Morgan fingerprint density at radius 2 is 0.766 bits per heavy atom. The van der Waals surface area contributed by atoms with Crippen molar-refractivity contribution in [1.82, 2.24) is 29.1 Å². The van der Waals surface area contributed by atoms with Crippen LogP contribution in [0.15, 0.2) is 170 Å². The number of benzene rings is 7. The van der Waals surface area contributed by atoms with Gasteiger partial charge in [0, 0.05) is 61.8 Å². The number of aromatic nitrogens is 6. The number of rotatable bonds is 6. The van der Waals surface area contributed by atoms with Gasteiger partial charge in [0.25, 0.3) is 0 Å². The van der Waals surface area contributed by atoms with Crippen LogP contribution in [-0.4, -0.2) is 29.1 Å². The molecule has 11 aromatic rings. The van der Waals surface area contributed by atoms with Gasteiger partial charge in [0.1, 0.15) is 0 Å². The third kappa shape index (κ3) is 6.08. The molecule has 0 aliphatic carbocycles. The summed E-state index contributed by atoms with van der Waals surface area (Å²) in [4.78, 5) is 19.8. The molecule has 0 radical (unpaired) electrons. The average molecular weight is 817 g/mol. The van der Waals surface area contributed by atoms with E-state index in [-0.39, 0.29) is 0 Å². The predicted molar refractivity (Wildman–Crippen MR) is 247 cm³/mol. The summed E-state index contributed by atoms with van der Waals surface area (Å²) < 4.78 is 4.31. The predicted octanol–water partition coefficient (Wildman–Crippen LogP) is 11.6. The molecule has 10 nitrogen and oxygen atoms in total. The van der Waals surface area contributed by atoms with Gasteiger partial charge in [-0.1, -0.05) is 72.8 Å². The summed E-state index contributed by atoms with van der Waals surface area (Å²) in [6.45, 7) is 0. The molecule has 0 unspecified atom stereocenters. The van der Waals surface area contributed by atoms with Crippen LogP contribution in [0.5, 0.6) is 0 Å². The van der Waals surface area contributed by atoms with Crippen molar-refractivity contribution in [3.05, 3.63) is 192 Å². The van der Waals surface area contributed by atoms with E-state index >= 15 is 0 Å². The van der Waals surface area contributed by atoms with Gasteiger partial charge in [-0.25, -0.2) is 15.0 Å². The third-order valence-corrected chi connectivity index (χ3v) is 11.6. The van der Waals surface area contributed by atoms with Crippen LogP contribution >= 0.6 is 0 Å². The molecule has 10 heteroatoms. The topological polar surface area (TPSA) is 157 Å². The Kier molecular flexibility index (Phi) is 8.77. The molecule has 0 atom stereocenters. The maximum atomic E-state index is 10.0. The summed E-state index contributed by atoms with van der Waals surface area (Å²) in [7, 11) is 0. The fourth-order valence-corrected chi connectivity index (χ4v) is 8.65. The van der Waals surface area contributed by atoms with Gasteiger partial charge in [-0.15, -0.1) is 0 Å². The highest BCUT2D eigenvalue weighted by Gasteiger charge is 2.23. The molecule has 4 aromatic heterocycles. The van der Waals surface area contributed by atoms with E-state index in [0.29, 0.717) is 39.7 Å². The van der Waals surface area contributed by atoms with Crippen molar-refractivity contribution >= 4 is 43.6 Å². The fraction of sp³-hybridized carbons (Fsp3) is 0. The number of hydrogen-bond donors (Lipinski definition) is 0. The molecule has 4 heterocycles. The molecule has 0 fully saturated rings. The van der Waals surface area contributed by atoms with E-state index in [2.05, 4.69) is 45.5 Å². The van der Waals surface area contributed by atoms with Crippen LogP contribution in [0.2, 0.25) is 0 Å². The Bertz CT molecular complexity index is 3690. The van der Waals surface area contributed by atoms with Gasteiger partial charge in [-0.05, 0) is 84.9 Å². The largest absolute Gasteiger partial charge is 0.309 e. The minimum Gasteiger partial charge on any atom is -0.309 e. The molecule has 7 aromatic carbocycles. The second kappa shape index (κ2) is 15.1. The average Bonchev–Trinajstić information content (AvgIpc) is 3.87. The molecule has 0 saturated heterocycles. The second-order valence-electron chi connectivity index (χ2n) is 15.2. The highest BCUT2D eigenvalue weighted by molar-refractivity contribution is 6.12. The molecule has 294 valence electrons. The second-order valence-corrected chi connectivity index (χ2v) is 15.2. The summed E-state index contributed by atoms with van der Waals surface area (Å²) in [5.74, 6) is 1.52. The van der Waals surface area contributed by atoms with Gasteiger partial charge in [-0.3, -0.25) is 4.98 Å². The van der Waals surface area contributed by atoms with E-state index in [9.17, 15) is 21.0 Å². The minimum atomic E-state index is 0.468. The molecule has 0 bridgehead atoms. The van der Waals surface area contributed by atoms with Gasteiger partial charge < -0.3 is 9.13 Å². The zero-order valence-electron chi connectivity index (χ0n) is 33.6. The van der Waals surface area contributed by atoms with Crippen LogP contribution in [0.1, 0.15) is 22.3 Å². The molecular formula is C54H28N10. The number of hydrogen-bond acceptors (Lipinski definition) is 8. The molecule has 0 aliphatic rings. The maximum Gasteiger partial charge on any atom is 0.164 e. The van der Waals surface area contributed by atoms with Crippen molar-refractivity contribution in [1.29, 1.82) is 21.0 Å². The SMILES string of the molecule is N#Cc1ccc2c(c1)c1cc(C#N)ccc1n2-c1ccncc1-c1ccc(-c2nc(-c3ccccc3)nc(-c3ccccc3)n2)cc1-n1c2ccc(C#N)cc2c2cc(C#N)ccc21. The monoisotopic (exact) mass is 816 g/mol. The van der Waals surface area contributed by atoms with Crippen molar-refractivity contribution in [2.24, 2.45) is 0 Å². The van der Waals surface area contributed by atoms with Crippen LogP contribution in [0.4, 0.5) is 0 Å². The lowest BCUT2D eigenvalue weighted by molar-refractivity contribution is 1.07. The smallest absolute Gasteiger partial charge is 0.164 e. The minimum absolute atomic E-state index is 0.468. The van der Waals surface area contributed by atoms with Crippen molar-refractivity contribution < 1.29 is 0 Å². The molecule has 0 amide bonds. The Balaban J connectivity index is 1.23.